The third kappa shape index (κ3) is 1.77. The van der Waals surface area contributed by atoms with Gasteiger partial charge in [0.25, 0.3) is 0 Å². The molecule has 4 aliphatic rings. The van der Waals surface area contributed by atoms with Gasteiger partial charge >= 0.3 is 6.09 Å². The van der Waals surface area contributed by atoms with Crippen molar-refractivity contribution in [3.8, 4) is 0 Å². The molecule has 0 bridgehead atoms. The Labute approximate surface area is 144 Å². The van der Waals surface area contributed by atoms with Crippen LogP contribution in [0.15, 0.2) is 22.5 Å². The molecule has 2 saturated heterocycles. The number of carbonyl (C=O) groups excluding carboxylic acids is 3. The predicted molar refractivity (Wildman–Crippen MR) is 84.8 cm³/mol. The summed E-state index contributed by atoms with van der Waals surface area (Å²) in [4.78, 5) is 40.5. The summed E-state index contributed by atoms with van der Waals surface area (Å²) in [6.07, 6.45) is -0.988. The number of allylic oxidation sites excluding steroid dienone is 2. The van der Waals surface area contributed by atoms with Crippen LogP contribution < -0.4 is 11.1 Å². The summed E-state index contributed by atoms with van der Waals surface area (Å²) in [7, 11) is 3.44. The van der Waals surface area contributed by atoms with Gasteiger partial charge in [0.1, 0.15) is 6.61 Å². The number of primary amides is 1. The first kappa shape index (κ1) is 16.1. The van der Waals surface area contributed by atoms with Crippen LogP contribution in [0.1, 0.15) is 6.92 Å². The van der Waals surface area contributed by atoms with Crippen LogP contribution >= 0.6 is 0 Å². The lowest BCUT2D eigenvalue weighted by molar-refractivity contribution is -0.126. The van der Waals surface area contributed by atoms with Crippen molar-refractivity contribution in [2.75, 3.05) is 27.2 Å². The summed E-state index contributed by atoms with van der Waals surface area (Å²) in [5.41, 5.74) is 4.56. The van der Waals surface area contributed by atoms with E-state index in [1.54, 1.807) is 18.9 Å². The zero-order valence-electron chi connectivity index (χ0n) is 14.2. The van der Waals surface area contributed by atoms with E-state index in [2.05, 4.69) is 5.32 Å². The van der Waals surface area contributed by atoms with Crippen molar-refractivity contribution < 1.29 is 24.2 Å². The van der Waals surface area contributed by atoms with Gasteiger partial charge in [-0.3, -0.25) is 14.5 Å². The second-order valence-corrected chi connectivity index (χ2v) is 6.92. The summed E-state index contributed by atoms with van der Waals surface area (Å²) >= 11 is 0. The fraction of sp³-hybridized carbons (Fsp3) is 0.562. The SMILES string of the molecule is CNC1=C(C)C(=O)C2=C(C1=O)[C@@H](COC(N)=O)[C@@]1(O)[C@@H]3[C@H](CN21)N3C. The van der Waals surface area contributed by atoms with Gasteiger partial charge in [-0.15, -0.1) is 0 Å². The number of ether oxygens (including phenoxy) is 1. The monoisotopic (exact) mass is 348 g/mol. The fourth-order valence-corrected chi connectivity index (χ4v) is 4.67. The van der Waals surface area contributed by atoms with E-state index in [4.69, 9.17) is 10.5 Å². The Hall–Kier alpha value is -2.39. The number of amides is 1. The second-order valence-electron chi connectivity index (χ2n) is 6.92. The van der Waals surface area contributed by atoms with Gasteiger partial charge in [-0.25, -0.2) is 4.79 Å². The molecule has 0 radical (unpaired) electrons. The van der Waals surface area contributed by atoms with Gasteiger partial charge in [-0.2, -0.15) is 0 Å². The molecule has 2 fully saturated rings. The normalized spacial score (nSPS) is 38.6. The van der Waals surface area contributed by atoms with Crippen LogP contribution in [0, 0.1) is 5.92 Å². The Bertz CT molecular complexity index is 787. The Morgan fingerprint density at radius 3 is 2.72 bits per heavy atom. The van der Waals surface area contributed by atoms with Gasteiger partial charge in [0.05, 0.1) is 23.4 Å². The molecule has 1 unspecified atom stereocenters. The number of likely N-dealkylation sites (N-methyl/N-ethyl adjacent to an activating group) is 2. The summed E-state index contributed by atoms with van der Waals surface area (Å²) < 4.78 is 4.93. The van der Waals surface area contributed by atoms with Gasteiger partial charge in [-0.05, 0) is 14.0 Å². The third-order valence-corrected chi connectivity index (χ3v) is 5.90. The number of hydrogen-bond donors (Lipinski definition) is 3. The molecular formula is C16H20N4O5. The molecular weight excluding hydrogens is 328 g/mol. The molecule has 0 saturated carbocycles. The molecule has 0 spiro atoms. The Balaban J connectivity index is 1.82. The van der Waals surface area contributed by atoms with Crippen molar-refractivity contribution >= 4 is 17.7 Å². The predicted octanol–water partition coefficient (Wildman–Crippen LogP) is -1.70. The zero-order valence-corrected chi connectivity index (χ0v) is 14.2. The highest BCUT2D eigenvalue weighted by Crippen LogP contribution is 2.57. The molecule has 25 heavy (non-hydrogen) atoms. The Morgan fingerprint density at radius 2 is 2.12 bits per heavy atom. The molecule has 5 atom stereocenters. The number of nitrogens with zero attached hydrogens (tertiary/aromatic N) is 2. The van der Waals surface area contributed by atoms with Crippen molar-refractivity contribution in [2.45, 2.75) is 24.7 Å². The lowest BCUT2D eigenvalue weighted by atomic mass is 9.82. The lowest BCUT2D eigenvalue weighted by Gasteiger charge is -2.37. The van der Waals surface area contributed by atoms with Crippen LogP contribution in [0.4, 0.5) is 4.79 Å². The fourth-order valence-electron chi connectivity index (χ4n) is 4.67. The van der Waals surface area contributed by atoms with Gasteiger partial charge in [0.15, 0.2) is 5.72 Å². The van der Waals surface area contributed by atoms with Gasteiger partial charge in [0, 0.05) is 30.8 Å². The highest BCUT2D eigenvalue weighted by Gasteiger charge is 2.74. The molecule has 0 aromatic carbocycles. The minimum atomic E-state index is -1.46. The average molecular weight is 348 g/mol. The highest BCUT2D eigenvalue weighted by molar-refractivity contribution is 6.25. The topological polar surface area (TPSA) is 125 Å². The summed E-state index contributed by atoms with van der Waals surface area (Å²) in [5, 5.41) is 14.2. The maximum absolute atomic E-state index is 13.0. The first-order valence-electron chi connectivity index (χ1n) is 8.11. The van der Waals surface area contributed by atoms with Crippen molar-refractivity contribution in [1.29, 1.82) is 0 Å². The van der Waals surface area contributed by atoms with Crippen LogP contribution in [0.25, 0.3) is 0 Å². The number of carbonyl (C=O) groups is 3. The minimum absolute atomic E-state index is 0.105. The molecule has 0 aromatic heterocycles. The van der Waals surface area contributed by atoms with Gasteiger partial charge < -0.3 is 25.8 Å². The number of Topliss-reactive ketones (excluding diaryl/α,β-unsaturated/α-hetero) is 2. The molecule has 9 nitrogen and oxygen atoms in total. The number of aliphatic hydroxyl groups is 1. The zero-order chi connectivity index (χ0) is 18.3. The Kier molecular flexibility index (Phi) is 3.11. The van der Waals surface area contributed by atoms with Crippen molar-refractivity contribution in [2.24, 2.45) is 11.7 Å². The molecule has 0 aromatic rings. The molecule has 1 amide bonds. The van der Waals surface area contributed by atoms with Gasteiger partial charge in [0.2, 0.25) is 11.6 Å². The average Bonchev–Trinajstić information content (AvgIpc) is 2.96. The van der Waals surface area contributed by atoms with Crippen LogP contribution in [0.5, 0.6) is 0 Å². The number of piperazine rings is 1. The van der Waals surface area contributed by atoms with E-state index in [-0.39, 0.29) is 47.2 Å². The molecule has 4 rings (SSSR count). The van der Waals surface area contributed by atoms with E-state index in [0.717, 1.165) is 0 Å². The number of rotatable bonds is 3. The second kappa shape index (κ2) is 4.83. The van der Waals surface area contributed by atoms with Crippen LogP contribution in [0.2, 0.25) is 0 Å². The maximum Gasteiger partial charge on any atom is 0.404 e. The quantitative estimate of drug-likeness (QED) is 0.407. The summed E-state index contributed by atoms with van der Waals surface area (Å²) in [5.74, 6) is -1.47. The number of ketones is 2. The highest BCUT2D eigenvalue weighted by atomic mass is 16.5. The maximum atomic E-state index is 13.0. The van der Waals surface area contributed by atoms with Crippen molar-refractivity contribution in [3.05, 3.63) is 22.5 Å². The molecule has 3 aliphatic heterocycles. The van der Waals surface area contributed by atoms with Crippen LogP contribution in [-0.4, -0.2) is 77.6 Å². The third-order valence-electron chi connectivity index (χ3n) is 5.90. The van der Waals surface area contributed by atoms with E-state index >= 15 is 0 Å². The first-order chi connectivity index (χ1) is 11.7. The standard InChI is InChI=1S/C16H20N4O5/c1-6-10(18-2)13(22)9-7(5-25-15(17)23)16(24)14-8(19(14)3)4-20(16)11(9)12(6)21/h7-8,14,18,24H,4-5H2,1-3H3,(H2,17,23)/t7-,8+,14+,16-,19?/m1/s1. The van der Waals surface area contributed by atoms with E-state index < -0.39 is 17.7 Å². The van der Waals surface area contributed by atoms with Crippen molar-refractivity contribution in [3.63, 3.8) is 0 Å². The smallest absolute Gasteiger partial charge is 0.404 e. The largest absolute Gasteiger partial charge is 0.449 e. The minimum Gasteiger partial charge on any atom is -0.449 e. The molecule has 1 aliphatic carbocycles. The first-order valence-corrected chi connectivity index (χ1v) is 8.11. The van der Waals surface area contributed by atoms with Crippen LogP contribution in [0.3, 0.4) is 0 Å². The van der Waals surface area contributed by atoms with E-state index in [1.165, 1.54) is 0 Å². The van der Waals surface area contributed by atoms with E-state index in [0.29, 0.717) is 12.1 Å². The molecule has 4 N–H and O–H groups in total. The summed E-state index contributed by atoms with van der Waals surface area (Å²) in [6, 6.07) is -0.119. The van der Waals surface area contributed by atoms with E-state index in [1.807, 2.05) is 11.9 Å². The number of nitrogens with one attached hydrogen (secondary N) is 1. The van der Waals surface area contributed by atoms with Gasteiger partial charge in [-0.1, -0.05) is 0 Å². The van der Waals surface area contributed by atoms with Crippen LogP contribution in [-0.2, 0) is 14.3 Å². The molecule has 134 valence electrons. The molecule has 9 heteroatoms. The number of nitrogens with two attached hydrogens (primary N) is 1. The summed E-state index contributed by atoms with van der Waals surface area (Å²) in [6.45, 7) is 1.78. The van der Waals surface area contributed by atoms with E-state index in [9.17, 15) is 19.5 Å². The molecule has 3 heterocycles. The van der Waals surface area contributed by atoms with Crippen molar-refractivity contribution in [1.82, 2.24) is 15.1 Å². The number of hydrogen-bond acceptors (Lipinski definition) is 8. The lowest BCUT2D eigenvalue weighted by Crippen LogP contribution is -2.53. The Morgan fingerprint density at radius 1 is 1.44 bits per heavy atom. The number of fused-ring (bicyclic) bond motifs is 4.